The molecule has 0 aliphatic rings. The summed E-state index contributed by atoms with van der Waals surface area (Å²) < 4.78 is 0. The fraction of sp³-hybridized carbons (Fsp3) is 0.231. The predicted octanol–water partition coefficient (Wildman–Crippen LogP) is 5.39. The molecule has 0 saturated heterocycles. The lowest BCUT2D eigenvalue weighted by molar-refractivity contribution is 0.969. The van der Waals surface area contributed by atoms with Gasteiger partial charge in [-0.25, -0.2) is 0 Å². The fourth-order valence-electron chi connectivity index (χ4n) is 1.57. The number of aryl methyl sites for hydroxylation is 1. The molecule has 1 unspecified atom stereocenters. The summed E-state index contributed by atoms with van der Waals surface area (Å²) in [4.78, 5) is 1.53. The van der Waals surface area contributed by atoms with Gasteiger partial charge in [0.2, 0.25) is 0 Å². The molecule has 0 N–H and O–H groups in total. The summed E-state index contributed by atoms with van der Waals surface area (Å²) in [6.07, 6.45) is 0.973. The minimum atomic E-state index is 0.307. The molecular weight excluding hydrogens is 304 g/mol. The first-order chi connectivity index (χ1) is 7.68. The second kappa shape index (κ2) is 5.35. The van der Waals surface area contributed by atoms with Gasteiger partial charge >= 0.3 is 0 Å². The first-order valence-electron chi connectivity index (χ1n) is 5.10. The number of benzene rings is 1. The van der Waals surface area contributed by atoms with E-state index in [1.54, 1.807) is 11.3 Å². The first kappa shape index (κ1) is 12.2. The zero-order chi connectivity index (χ0) is 11.5. The van der Waals surface area contributed by atoms with Crippen LogP contribution in [0.2, 0.25) is 5.02 Å². The van der Waals surface area contributed by atoms with Crippen molar-refractivity contribution in [2.75, 3.05) is 0 Å². The van der Waals surface area contributed by atoms with Gasteiger partial charge in [-0.2, -0.15) is 0 Å². The van der Waals surface area contributed by atoms with E-state index < -0.39 is 0 Å². The van der Waals surface area contributed by atoms with E-state index in [-0.39, 0.29) is 0 Å². The van der Waals surface area contributed by atoms with Crippen LogP contribution < -0.4 is 0 Å². The van der Waals surface area contributed by atoms with Crippen LogP contribution >= 0.6 is 38.9 Å². The maximum atomic E-state index is 6.25. The molecule has 0 aliphatic heterocycles. The minimum Gasteiger partial charge on any atom is -0.146 e. The normalized spacial score (nSPS) is 12.7. The summed E-state index contributed by atoms with van der Waals surface area (Å²) in [5, 5.41) is 3.01. The zero-order valence-electron chi connectivity index (χ0n) is 8.91. The lowest BCUT2D eigenvalue weighted by atomic mass is 10.1. The Morgan fingerprint density at radius 2 is 2.00 bits per heavy atom. The number of thiophene rings is 1. The molecule has 1 aromatic carbocycles. The van der Waals surface area contributed by atoms with Crippen LogP contribution in [0.4, 0.5) is 0 Å². The summed E-state index contributed by atoms with van der Waals surface area (Å²) in [6.45, 7) is 2.05. The Kier molecular flexibility index (Phi) is 4.06. The third-order valence-corrected chi connectivity index (χ3v) is 5.38. The molecular formula is C13H12BrClS. The lowest BCUT2D eigenvalue weighted by Gasteiger charge is -2.08. The van der Waals surface area contributed by atoms with Crippen molar-refractivity contribution in [1.29, 1.82) is 0 Å². The Bertz CT molecular complexity index is 464. The van der Waals surface area contributed by atoms with Crippen LogP contribution in [0.5, 0.6) is 0 Å². The zero-order valence-corrected chi connectivity index (χ0v) is 12.1. The van der Waals surface area contributed by atoms with Crippen LogP contribution in [0.15, 0.2) is 35.7 Å². The van der Waals surface area contributed by atoms with Crippen LogP contribution in [-0.2, 0) is 6.42 Å². The Morgan fingerprint density at radius 1 is 1.31 bits per heavy atom. The van der Waals surface area contributed by atoms with Gasteiger partial charge in [-0.15, -0.1) is 11.3 Å². The molecule has 0 spiro atoms. The van der Waals surface area contributed by atoms with Crippen molar-refractivity contribution in [2.45, 2.75) is 18.2 Å². The summed E-state index contributed by atoms with van der Waals surface area (Å²) >= 11 is 11.7. The molecule has 0 bridgehead atoms. The Balaban J connectivity index is 2.15. The smallest absolute Gasteiger partial charge is 0.0585 e. The third-order valence-electron chi connectivity index (χ3n) is 2.47. The summed E-state index contributed by atoms with van der Waals surface area (Å²) in [5.74, 6) is 0. The molecule has 1 atom stereocenters. The number of rotatable bonds is 3. The standard InChI is InChI=1S/C13H12BrClS/c1-9-8-16-13(12(9)15)11(14)7-10-5-3-2-4-6-10/h2-6,8,11H,7H2,1H3. The summed E-state index contributed by atoms with van der Waals surface area (Å²) in [5.41, 5.74) is 2.49. The van der Waals surface area contributed by atoms with Crippen LogP contribution in [0.1, 0.15) is 20.8 Å². The molecule has 84 valence electrons. The van der Waals surface area contributed by atoms with E-state index in [4.69, 9.17) is 11.6 Å². The van der Waals surface area contributed by atoms with Crippen molar-refractivity contribution >= 4 is 38.9 Å². The highest BCUT2D eigenvalue weighted by Crippen LogP contribution is 2.38. The third kappa shape index (κ3) is 2.68. The second-order valence-electron chi connectivity index (χ2n) is 3.75. The van der Waals surface area contributed by atoms with E-state index in [9.17, 15) is 0 Å². The van der Waals surface area contributed by atoms with Gasteiger partial charge in [0.05, 0.1) is 9.85 Å². The van der Waals surface area contributed by atoms with Crippen LogP contribution in [0.25, 0.3) is 0 Å². The molecule has 1 aromatic heterocycles. The van der Waals surface area contributed by atoms with Gasteiger partial charge < -0.3 is 0 Å². The Labute approximate surface area is 113 Å². The van der Waals surface area contributed by atoms with Crippen molar-refractivity contribution in [3.8, 4) is 0 Å². The van der Waals surface area contributed by atoms with E-state index in [1.807, 2.05) is 13.0 Å². The topological polar surface area (TPSA) is 0 Å². The SMILES string of the molecule is Cc1csc(C(Br)Cc2ccccc2)c1Cl. The molecule has 2 rings (SSSR count). The number of hydrogen-bond donors (Lipinski definition) is 0. The van der Waals surface area contributed by atoms with E-state index in [0.717, 1.165) is 11.4 Å². The van der Waals surface area contributed by atoms with Crippen molar-refractivity contribution in [3.05, 3.63) is 56.7 Å². The van der Waals surface area contributed by atoms with Crippen molar-refractivity contribution in [2.24, 2.45) is 0 Å². The molecule has 0 amide bonds. The van der Waals surface area contributed by atoms with Gasteiger partial charge in [0.25, 0.3) is 0 Å². The quantitative estimate of drug-likeness (QED) is 0.666. The highest BCUT2D eigenvalue weighted by molar-refractivity contribution is 9.09. The van der Waals surface area contributed by atoms with Gasteiger partial charge in [-0.05, 0) is 29.9 Å². The predicted molar refractivity (Wildman–Crippen MR) is 75.9 cm³/mol. The largest absolute Gasteiger partial charge is 0.146 e. The van der Waals surface area contributed by atoms with Gasteiger partial charge in [0.1, 0.15) is 0 Å². The van der Waals surface area contributed by atoms with E-state index in [0.29, 0.717) is 4.83 Å². The Morgan fingerprint density at radius 3 is 2.56 bits per heavy atom. The average Bonchev–Trinajstić information content (AvgIpc) is 2.61. The molecule has 0 radical (unpaired) electrons. The molecule has 1 heterocycles. The van der Waals surface area contributed by atoms with Crippen LogP contribution in [0, 0.1) is 6.92 Å². The molecule has 0 aliphatic carbocycles. The maximum absolute atomic E-state index is 6.25. The van der Waals surface area contributed by atoms with Crippen molar-refractivity contribution in [3.63, 3.8) is 0 Å². The van der Waals surface area contributed by atoms with Crippen molar-refractivity contribution in [1.82, 2.24) is 0 Å². The highest BCUT2D eigenvalue weighted by atomic mass is 79.9. The lowest BCUT2D eigenvalue weighted by Crippen LogP contribution is -1.93. The van der Waals surface area contributed by atoms with Crippen molar-refractivity contribution < 1.29 is 0 Å². The fourth-order valence-corrected chi connectivity index (χ4v) is 3.93. The number of halogens is 2. The average molecular weight is 316 g/mol. The molecule has 16 heavy (non-hydrogen) atoms. The summed E-state index contributed by atoms with van der Waals surface area (Å²) in [6, 6.07) is 10.5. The second-order valence-corrected chi connectivity index (χ2v) is 6.15. The molecule has 0 fully saturated rings. The monoisotopic (exact) mass is 314 g/mol. The van der Waals surface area contributed by atoms with Gasteiger partial charge in [-0.1, -0.05) is 57.9 Å². The van der Waals surface area contributed by atoms with E-state index in [1.165, 1.54) is 16.0 Å². The maximum Gasteiger partial charge on any atom is 0.0585 e. The summed E-state index contributed by atoms with van der Waals surface area (Å²) in [7, 11) is 0. The van der Waals surface area contributed by atoms with Gasteiger partial charge in [-0.3, -0.25) is 0 Å². The first-order valence-corrected chi connectivity index (χ1v) is 7.27. The molecule has 3 heteroatoms. The van der Waals surface area contributed by atoms with E-state index in [2.05, 4.69) is 45.6 Å². The number of alkyl halides is 1. The molecule has 0 saturated carbocycles. The minimum absolute atomic E-state index is 0.307. The molecule has 2 aromatic rings. The molecule has 0 nitrogen and oxygen atoms in total. The van der Waals surface area contributed by atoms with E-state index >= 15 is 0 Å². The Hall–Kier alpha value is -0.310. The van der Waals surface area contributed by atoms with Crippen LogP contribution in [-0.4, -0.2) is 0 Å². The van der Waals surface area contributed by atoms with Gasteiger partial charge in [0.15, 0.2) is 0 Å². The van der Waals surface area contributed by atoms with Crippen LogP contribution in [0.3, 0.4) is 0 Å². The highest BCUT2D eigenvalue weighted by Gasteiger charge is 2.15. The van der Waals surface area contributed by atoms with Gasteiger partial charge in [0, 0.05) is 4.88 Å². The number of hydrogen-bond acceptors (Lipinski definition) is 1.